The zero-order valence-corrected chi connectivity index (χ0v) is 14.7. The Morgan fingerprint density at radius 2 is 1.33 bits per heavy atom. The summed E-state index contributed by atoms with van der Waals surface area (Å²) in [5, 5.41) is 7.80. The van der Waals surface area contributed by atoms with Gasteiger partial charge in [-0.2, -0.15) is 10.1 Å². The van der Waals surface area contributed by atoms with Crippen molar-refractivity contribution in [3.63, 3.8) is 0 Å². The molecule has 4 aromatic rings. The van der Waals surface area contributed by atoms with Gasteiger partial charge in [-0.15, -0.1) is 0 Å². The fourth-order valence-electron chi connectivity index (χ4n) is 3.46. The van der Waals surface area contributed by atoms with Gasteiger partial charge in [0, 0.05) is 5.70 Å². The Morgan fingerprint density at radius 3 is 2.07 bits per heavy atom. The number of fused-ring (bicyclic) bond motifs is 1. The van der Waals surface area contributed by atoms with E-state index in [-0.39, 0.29) is 6.04 Å². The summed E-state index contributed by atoms with van der Waals surface area (Å²) in [6.45, 7) is 0. The van der Waals surface area contributed by atoms with Gasteiger partial charge < -0.3 is 5.32 Å². The van der Waals surface area contributed by atoms with Gasteiger partial charge in [0.1, 0.15) is 12.4 Å². The molecule has 0 bridgehead atoms. The van der Waals surface area contributed by atoms with Gasteiger partial charge in [0.25, 0.3) is 0 Å². The first-order valence-electron chi connectivity index (χ1n) is 8.98. The van der Waals surface area contributed by atoms with E-state index in [4.69, 9.17) is 0 Å². The molecule has 5 rings (SSSR count). The second kappa shape index (κ2) is 6.57. The molecular weight excluding hydrogens is 332 g/mol. The van der Waals surface area contributed by atoms with E-state index in [0.717, 1.165) is 17.2 Å². The van der Waals surface area contributed by atoms with Gasteiger partial charge in [-0.3, -0.25) is 0 Å². The maximum Gasteiger partial charge on any atom is 0.226 e. The van der Waals surface area contributed by atoms with Crippen molar-refractivity contribution in [2.24, 2.45) is 0 Å². The third kappa shape index (κ3) is 2.91. The maximum absolute atomic E-state index is 4.39. The Hall–Kier alpha value is -3.66. The highest BCUT2D eigenvalue weighted by atomic mass is 15.4. The molecule has 0 aliphatic carbocycles. The summed E-state index contributed by atoms with van der Waals surface area (Å²) in [6, 6.07) is 29.4. The summed E-state index contributed by atoms with van der Waals surface area (Å²) in [4.78, 5) is 4.37. The van der Waals surface area contributed by atoms with Gasteiger partial charge in [0.15, 0.2) is 0 Å². The zero-order valence-electron chi connectivity index (χ0n) is 14.7. The molecule has 4 heteroatoms. The van der Waals surface area contributed by atoms with E-state index in [1.165, 1.54) is 16.7 Å². The molecule has 3 aromatic carbocycles. The van der Waals surface area contributed by atoms with Gasteiger partial charge in [0.05, 0.1) is 0 Å². The monoisotopic (exact) mass is 350 g/mol. The van der Waals surface area contributed by atoms with E-state index in [9.17, 15) is 0 Å². The fraction of sp³-hybridized carbons (Fsp3) is 0.0435. The first-order valence-corrected chi connectivity index (χ1v) is 8.98. The summed E-state index contributed by atoms with van der Waals surface area (Å²) in [7, 11) is 0. The summed E-state index contributed by atoms with van der Waals surface area (Å²) >= 11 is 0. The average molecular weight is 350 g/mol. The summed E-state index contributed by atoms with van der Waals surface area (Å²) in [6.07, 6.45) is 3.79. The van der Waals surface area contributed by atoms with Gasteiger partial charge in [-0.05, 0) is 28.3 Å². The zero-order chi connectivity index (χ0) is 18.1. The van der Waals surface area contributed by atoms with Gasteiger partial charge in [-0.1, -0.05) is 84.9 Å². The number of hydrogen-bond donors (Lipinski definition) is 1. The average Bonchev–Trinajstić information content (AvgIpc) is 3.23. The topological polar surface area (TPSA) is 42.7 Å². The molecular formula is C23H18N4. The normalized spacial score (nSPS) is 15.6. The van der Waals surface area contributed by atoms with Crippen LogP contribution in [0.2, 0.25) is 0 Å². The summed E-state index contributed by atoms with van der Waals surface area (Å²) < 4.78 is 1.91. The Morgan fingerprint density at radius 1 is 0.704 bits per heavy atom. The molecule has 0 amide bonds. The van der Waals surface area contributed by atoms with Crippen LogP contribution in [0.15, 0.2) is 97.3 Å². The molecule has 1 aromatic heterocycles. The lowest BCUT2D eigenvalue weighted by molar-refractivity contribution is 0.612. The molecule has 0 spiro atoms. The molecule has 0 saturated heterocycles. The third-order valence-electron chi connectivity index (χ3n) is 4.85. The summed E-state index contributed by atoms with van der Waals surface area (Å²) in [5.41, 5.74) is 5.79. The number of nitrogens with one attached hydrogen (secondary N) is 1. The van der Waals surface area contributed by atoms with Crippen LogP contribution < -0.4 is 5.32 Å². The second-order valence-corrected chi connectivity index (χ2v) is 6.53. The third-order valence-corrected chi connectivity index (χ3v) is 4.85. The molecule has 0 unspecified atom stereocenters. The van der Waals surface area contributed by atoms with Gasteiger partial charge >= 0.3 is 0 Å². The van der Waals surface area contributed by atoms with Crippen LogP contribution in [-0.2, 0) is 0 Å². The van der Waals surface area contributed by atoms with Crippen molar-refractivity contribution in [3.05, 3.63) is 108 Å². The minimum Gasteiger partial charge on any atom is -0.324 e. The van der Waals surface area contributed by atoms with E-state index in [1.54, 1.807) is 6.33 Å². The minimum absolute atomic E-state index is 0.0220. The van der Waals surface area contributed by atoms with Crippen molar-refractivity contribution in [3.8, 4) is 11.1 Å². The maximum atomic E-state index is 4.39. The number of allylic oxidation sites excluding steroid dienone is 1. The van der Waals surface area contributed by atoms with Crippen molar-refractivity contribution >= 4 is 11.6 Å². The number of benzene rings is 3. The fourth-order valence-corrected chi connectivity index (χ4v) is 3.46. The highest BCUT2D eigenvalue weighted by Crippen LogP contribution is 2.32. The smallest absolute Gasteiger partial charge is 0.226 e. The van der Waals surface area contributed by atoms with E-state index >= 15 is 0 Å². The standard InChI is InChI=1S/C23H18N4/c1-3-7-17(8-4-1)18-11-13-19(14-12-18)21-15-22(20-9-5-2-6-10-20)27-23(26-21)24-16-25-27/h1-16,22H,(H,24,25,26)/t22-/m0/s1. The lowest BCUT2D eigenvalue weighted by Gasteiger charge is -2.24. The Kier molecular flexibility index (Phi) is 3.79. The van der Waals surface area contributed by atoms with Crippen molar-refractivity contribution in [2.75, 3.05) is 5.32 Å². The number of nitrogens with zero attached hydrogens (tertiary/aromatic N) is 3. The Balaban J connectivity index is 1.52. The van der Waals surface area contributed by atoms with Crippen molar-refractivity contribution < 1.29 is 0 Å². The van der Waals surface area contributed by atoms with E-state index < -0.39 is 0 Å². The number of hydrogen-bond acceptors (Lipinski definition) is 3. The molecule has 1 atom stereocenters. The quantitative estimate of drug-likeness (QED) is 0.565. The SMILES string of the molecule is C1=C(c2ccc(-c3ccccc3)cc2)Nc2ncnn2[C@@H]1c1ccccc1. The number of aromatic nitrogens is 3. The Labute approximate surface area is 157 Å². The first-order chi connectivity index (χ1) is 13.4. The molecule has 130 valence electrons. The van der Waals surface area contributed by atoms with Crippen LogP contribution in [0.4, 0.5) is 5.95 Å². The highest BCUT2D eigenvalue weighted by molar-refractivity contribution is 5.78. The van der Waals surface area contributed by atoms with Crippen LogP contribution in [0.25, 0.3) is 16.8 Å². The predicted molar refractivity (Wildman–Crippen MR) is 108 cm³/mol. The molecule has 0 radical (unpaired) electrons. The summed E-state index contributed by atoms with van der Waals surface area (Å²) in [5.74, 6) is 0.758. The molecule has 4 nitrogen and oxygen atoms in total. The molecule has 0 fully saturated rings. The predicted octanol–water partition coefficient (Wildman–Crippen LogP) is 5.00. The van der Waals surface area contributed by atoms with Crippen LogP contribution in [0.5, 0.6) is 0 Å². The minimum atomic E-state index is 0.0220. The van der Waals surface area contributed by atoms with Gasteiger partial charge in [-0.25, -0.2) is 4.68 Å². The van der Waals surface area contributed by atoms with E-state index in [0.29, 0.717) is 0 Å². The molecule has 1 aliphatic rings. The largest absolute Gasteiger partial charge is 0.324 e. The lowest BCUT2D eigenvalue weighted by Crippen LogP contribution is -2.20. The molecule has 2 heterocycles. The van der Waals surface area contributed by atoms with E-state index in [1.807, 2.05) is 16.8 Å². The van der Waals surface area contributed by atoms with E-state index in [2.05, 4.69) is 94.3 Å². The van der Waals surface area contributed by atoms with Crippen LogP contribution in [0.3, 0.4) is 0 Å². The highest BCUT2D eigenvalue weighted by Gasteiger charge is 2.23. The molecule has 1 N–H and O–H groups in total. The van der Waals surface area contributed by atoms with Gasteiger partial charge in [0.2, 0.25) is 5.95 Å². The second-order valence-electron chi connectivity index (χ2n) is 6.53. The van der Waals surface area contributed by atoms with Crippen molar-refractivity contribution in [1.29, 1.82) is 0 Å². The van der Waals surface area contributed by atoms with Crippen molar-refractivity contribution in [1.82, 2.24) is 14.8 Å². The Bertz CT molecular complexity index is 1080. The van der Waals surface area contributed by atoms with Crippen molar-refractivity contribution in [2.45, 2.75) is 6.04 Å². The lowest BCUT2D eigenvalue weighted by atomic mass is 9.99. The van der Waals surface area contributed by atoms with Crippen LogP contribution >= 0.6 is 0 Å². The van der Waals surface area contributed by atoms with Crippen LogP contribution in [-0.4, -0.2) is 14.8 Å². The number of anilines is 1. The molecule has 0 saturated carbocycles. The van der Waals surface area contributed by atoms with Crippen LogP contribution in [0, 0.1) is 0 Å². The molecule has 27 heavy (non-hydrogen) atoms. The molecule has 1 aliphatic heterocycles. The van der Waals surface area contributed by atoms with Crippen LogP contribution in [0.1, 0.15) is 17.2 Å². The number of rotatable bonds is 3. The first kappa shape index (κ1) is 15.6.